The van der Waals surface area contributed by atoms with Gasteiger partial charge in [0.1, 0.15) is 9.88 Å². The smallest absolute Gasteiger partial charge is 0.242 e. The van der Waals surface area contributed by atoms with Crippen LogP contribution in [0.5, 0.6) is 0 Å². The van der Waals surface area contributed by atoms with E-state index in [1.165, 1.54) is 18.3 Å². The molecule has 1 aromatic rings. The second-order valence-corrected chi connectivity index (χ2v) is 7.02. The quantitative estimate of drug-likeness (QED) is 0.690. The van der Waals surface area contributed by atoms with Crippen molar-refractivity contribution in [2.75, 3.05) is 0 Å². The van der Waals surface area contributed by atoms with Crippen molar-refractivity contribution in [1.82, 2.24) is 9.71 Å². The van der Waals surface area contributed by atoms with E-state index in [2.05, 4.69) is 9.71 Å². The van der Waals surface area contributed by atoms with Crippen LogP contribution in [-0.4, -0.2) is 35.6 Å². The fourth-order valence-corrected chi connectivity index (χ4v) is 3.54. The molecule has 0 amide bonds. The number of hydrogen-bond acceptors (Lipinski definition) is 5. The molecule has 0 atom stereocenters. The summed E-state index contributed by atoms with van der Waals surface area (Å²) in [5.74, 6) is 0. The Hall–Kier alpha value is -1.09. The first-order valence-electron chi connectivity index (χ1n) is 6.35. The highest BCUT2D eigenvalue weighted by atomic mass is 32.2. The molecular formula is C12H17N3O3S2. The van der Waals surface area contributed by atoms with Gasteiger partial charge in [-0.05, 0) is 37.8 Å². The molecule has 0 radical (unpaired) electrons. The van der Waals surface area contributed by atoms with Gasteiger partial charge in [-0.25, -0.2) is 13.1 Å². The van der Waals surface area contributed by atoms with Gasteiger partial charge in [0.25, 0.3) is 0 Å². The van der Waals surface area contributed by atoms with Gasteiger partial charge in [-0.1, -0.05) is 12.2 Å². The molecule has 0 saturated heterocycles. The molecule has 0 spiro atoms. The minimum atomic E-state index is -3.60. The van der Waals surface area contributed by atoms with Gasteiger partial charge in [0, 0.05) is 12.2 Å². The first kappa shape index (κ1) is 15.3. The van der Waals surface area contributed by atoms with Crippen LogP contribution in [0.2, 0.25) is 0 Å². The number of thiocarbonyl (C=S) groups is 1. The summed E-state index contributed by atoms with van der Waals surface area (Å²) in [6.45, 7) is 0. The van der Waals surface area contributed by atoms with E-state index in [0.29, 0.717) is 31.4 Å². The Kier molecular flexibility index (Phi) is 4.69. The van der Waals surface area contributed by atoms with Crippen molar-refractivity contribution in [2.45, 2.75) is 42.7 Å². The third-order valence-corrected chi connectivity index (χ3v) is 5.03. The van der Waals surface area contributed by atoms with Gasteiger partial charge in [-0.2, -0.15) is 0 Å². The molecule has 0 bridgehead atoms. The highest BCUT2D eigenvalue weighted by molar-refractivity contribution is 7.89. The zero-order chi connectivity index (χ0) is 14.8. The predicted octanol–water partition coefficient (Wildman–Crippen LogP) is 0.298. The first-order chi connectivity index (χ1) is 9.38. The second-order valence-electron chi connectivity index (χ2n) is 4.87. The third-order valence-electron chi connectivity index (χ3n) is 3.32. The Balaban J connectivity index is 2.08. The van der Waals surface area contributed by atoms with E-state index >= 15 is 0 Å². The van der Waals surface area contributed by atoms with Crippen LogP contribution in [0.25, 0.3) is 0 Å². The molecule has 1 saturated carbocycles. The van der Waals surface area contributed by atoms with Crippen molar-refractivity contribution in [2.24, 2.45) is 5.73 Å². The summed E-state index contributed by atoms with van der Waals surface area (Å²) in [6, 6.07) is 2.78. The fraction of sp³-hybridized carbons (Fsp3) is 0.500. The SMILES string of the molecule is NC(=S)c1ccc(S(=O)(=O)NC2CCC(O)CC2)cn1. The van der Waals surface area contributed by atoms with Gasteiger partial charge in [-0.3, -0.25) is 4.98 Å². The summed E-state index contributed by atoms with van der Waals surface area (Å²) in [4.78, 5) is 4.14. The van der Waals surface area contributed by atoms with E-state index in [9.17, 15) is 13.5 Å². The molecule has 1 aliphatic carbocycles. The number of sulfonamides is 1. The maximum absolute atomic E-state index is 12.2. The van der Waals surface area contributed by atoms with Gasteiger partial charge >= 0.3 is 0 Å². The zero-order valence-corrected chi connectivity index (χ0v) is 12.5. The first-order valence-corrected chi connectivity index (χ1v) is 8.24. The van der Waals surface area contributed by atoms with Crippen molar-refractivity contribution in [1.29, 1.82) is 0 Å². The molecule has 1 heterocycles. The minimum absolute atomic E-state index is 0.0867. The number of aliphatic hydroxyl groups is 1. The van der Waals surface area contributed by atoms with Crippen molar-refractivity contribution in [3.05, 3.63) is 24.0 Å². The van der Waals surface area contributed by atoms with E-state index in [4.69, 9.17) is 18.0 Å². The van der Waals surface area contributed by atoms with E-state index in [1.807, 2.05) is 0 Å². The van der Waals surface area contributed by atoms with Crippen LogP contribution in [0.1, 0.15) is 31.4 Å². The minimum Gasteiger partial charge on any atom is -0.393 e. The molecule has 0 aliphatic heterocycles. The largest absolute Gasteiger partial charge is 0.393 e. The number of nitrogens with zero attached hydrogens (tertiary/aromatic N) is 1. The Morgan fingerprint density at radius 2 is 2.00 bits per heavy atom. The maximum atomic E-state index is 12.2. The fourth-order valence-electron chi connectivity index (χ4n) is 2.17. The summed E-state index contributed by atoms with van der Waals surface area (Å²) in [7, 11) is -3.60. The molecule has 20 heavy (non-hydrogen) atoms. The number of pyridine rings is 1. The van der Waals surface area contributed by atoms with Crippen LogP contribution >= 0.6 is 12.2 Å². The number of aromatic nitrogens is 1. The molecule has 110 valence electrons. The van der Waals surface area contributed by atoms with E-state index in [-0.39, 0.29) is 22.0 Å². The number of rotatable bonds is 4. The molecule has 0 unspecified atom stereocenters. The lowest BCUT2D eigenvalue weighted by Crippen LogP contribution is -2.38. The Morgan fingerprint density at radius 1 is 1.35 bits per heavy atom. The van der Waals surface area contributed by atoms with Gasteiger partial charge in [0.2, 0.25) is 10.0 Å². The molecule has 1 aliphatic rings. The summed E-state index contributed by atoms with van der Waals surface area (Å²) >= 11 is 4.77. The summed E-state index contributed by atoms with van der Waals surface area (Å²) in [5.41, 5.74) is 5.80. The molecular weight excluding hydrogens is 298 g/mol. The highest BCUT2D eigenvalue weighted by Crippen LogP contribution is 2.20. The predicted molar refractivity (Wildman–Crippen MR) is 78.7 cm³/mol. The van der Waals surface area contributed by atoms with Gasteiger partial charge < -0.3 is 10.8 Å². The number of aliphatic hydroxyl groups excluding tert-OH is 1. The normalized spacial score (nSPS) is 23.4. The second kappa shape index (κ2) is 6.13. The average Bonchev–Trinajstić information content (AvgIpc) is 2.41. The molecule has 8 heteroatoms. The Bertz CT molecular complexity index is 578. The Morgan fingerprint density at radius 3 is 2.50 bits per heavy atom. The molecule has 0 aromatic carbocycles. The van der Waals surface area contributed by atoms with Crippen molar-refractivity contribution < 1.29 is 13.5 Å². The molecule has 2 rings (SSSR count). The third kappa shape index (κ3) is 3.72. The summed E-state index contributed by atoms with van der Waals surface area (Å²) in [6.07, 6.45) is 3.44. The van der Waals surface area contributed by atoms with E-state index < -0.39 is 10.0 Å². The van der Waals surface area contributed by atoms with Crippen molar-refractivity contribution in [3.8, 4) is 0 Å². The lowest BCUT2D eigenvalue weighted by Gasteiger charge is -2.25. The van der Waals surface area contributed by atoms with Gasteiger partial charge in [0.05, 0.1) is 11.8 Å². The summed E-state index contributed by atoms with van der Waals surface area (Å²) in [5, 5.41) is 9.41. The van der Waals surface area contributed by atoms with Crippen LogP contribution in [0.15, 0.2) is 23.2 Å². The molecule has 6 nitrogen and oxygen atoms in total. The van der Waals surface area contributed by atoms with Crippen LogP contribution in [0.3, 0.4) is 0 Å². The number of nitrogens with two attached hydrogens (primary N) is 1. The van der Waals surface area contributed by atoms with Crippen LogP contribution in [0, 0.1) is 0 Å². The zero-order valence-electron chi connectivity index (χ0n) is 10.8. The molecule has 4 N–H and O–H groups in total. The number of nitrogens with one attached hydrogen (secondary N) is 1. The summed E-state index contributed by atoms with van der Waals surface area (Å²) < 4.78 is 27.0. The standard InChI is InChI=1S/C12H17N3O3S2/c13-12(19)11-6-5-10(7-14-11)20(17,18)15-8-1-3-9(16)4-2-8/h5-9,15-16H,1-4H2,(H2,13,19). The lowest BCUT2D eigenvalue weighted by atomic mass is 9.94. The number of hydrogen-bond donors (Lipinski definition) is 3. The maximum Gasteiger partial charge on any atom is 0.242 e. The highest BCUT2D eigenvalue weighted by Gasteiger charge is 2.25. The average molecular weight is 315 g/mol. The van der Waals surface area contributed by atoms with Crippen molar-refractivity contribution in [3.63, 3.8) is 0 Å². The Labute approximate surface area is 123 Å². The van der Waals surface area contributed by atoms with Crippen LogP contribution in [-0.2, 0) is 10.0 Å². The topological polar surface area (TPSA) is 105 Å². The van der Waals surface area contributed by atoms with Gasteiger partial charge in [0.15, 0.2) is 0 Å². The van der Waals surface area contributed by atoms with Gasteiger partial charge in [-0.15, -0.1) is 0 Å². The van der Waals surface area contributed by atoms with Crippen LogP contribution < -0.4 is 10.5 Å². The molecule has 1 fully saturated rings. The van der Waals surface area contributed by atoms with E-state index in [1.54, 1.807) is 0 Å². The van der Waals surface area contributed by atoms with Crippen LogP contribution in [0.4, 0.5) is 0 Å². The van der Waals surface area contributed by atoms with E-state index in [0.717, 1.165) is 0 Å². The molecule has 1 aromatic heterocycles. The lowest BCUT2D eigenvalue weighted by molar-refractivity contribution is 0.120. The monoisotopic (exact) mass is 315 g/mol. The van der Waals surface area contributed by atoms with Crippen molar-refractivity contribution >= 4 is 27.2 Å².